The highest BCUT2D eigenvalue weighted by Gasteiger charge is 2.24. The number of amides is 2. The predicted octanol–water partition coefficient (Wildman–Crippen LogP) is 4.49. The fourth-order valence-electron chi connectivity index (χ4n) is 4.01. The highest BCUT2D eigenvalue weighted by atomic mass is 16.2. The van der Waals surface area contributed by atoms with Crippen LogP contribution in [0.1, 0.15) is 42.9 Å². The van der Waals surface area contributed by atoms with Gasteiger partial charge in [0.2, 0.25) is 0 Å². The lowest BCUT2D eigenvalue weighted by Crippen LogP contribution is -2.34. The third-order valence-electron chi connectivity index (χ3n) is 5.29. The monoisotopic (exact) mass is 335 g/mol. The van der Waals surface area contributed by atoms with Gasteiger partial charge in [0, 0.05) is 13.1 Å². The highest BCUT2D eigenvalue weighted by Crippen LogP contribution is 2.31. The van der Waals surface area contributed by atoms with Crippen LogP contribution < -0.4 is 15.5 Å². The molecule has 0 bridgehead atoms. The lowest BCUT2D eigenvalue weighted by atomic mass is 10.1. The molecule has 25 heavy (non-hydrogen) atoms. The number of rotatable bonds is 3. The van der Waals surface area contributed by atoms with Crippen LogP contribution in [0.25, 0.3) is 0 Å². The molecule has 2 aromatic rings. The number of anilines is 2. The average Bonchev–Trinajstić information content (AvgIpc) is 3.06. The molecule has 1 aliphatic carbocycles. The second-order valence-electron chi connectivity index (χ2n) is 6.95. The molecule has 1 fully saturated rings. The number of aryl methyl sites for hydroxylation is 1. The summed E-state index contributed by atoms with van der Waals surface area (Å²) in [5.74, 6) is 0. The molecule has 130 valence electrons. The van der Waals surface area contributed by atoms with E-state index in [0.717, 1.165) is 37.3 Å². The maximum atomic E-state index is 12.6. The van der Waals surface area contributed by atoms with Crippen molar-refractivity contribution in [2.45, 2.75) is 38.1 Å². The summed E-state index contributed by atoms with van der Waals surface area (Å²) in [7, 11) is 0. The molecule has 0 radical (unpaired) electrons. The number of nitrogens with one attached hydrogen (secondary N) is 2. The van der Waals surface area contributed by atoms with E-state index in [1.165, 1.54) is 30.4 Å². The SMILES string of the molecule is O=C(Nc1ccccc1N1CCCCC1)NC1CCc2ccccc21. The van der Waals surface area contributed by atoms with Crippen molar-refractivity contribution in [2.75, 3.05) is 23.3 Å². The first-order valence-electron chi connectivity index (χ1n) is 9.30. The second-order valence-corrected chi connectivity index (χ2v) is 6.95. The van der Waals surface area contributed by atoms with Gasteiger partial charge in [-0.3, -0.25) is 0 Å². The van der Waals surface area contributed by atoms with E-state index in [0.29, 0.717) is 0 Å². The first-order chi connectivity index (χ1) is 12.3. The van der Waals surface area contributed by atoms with Gasteiger partial charge >= 0.3 is 6.03 Å². The lowest BCUT2D eigenvalue weighted by Gasteiger charge is -2.30. The Balaban J connectivity index is 1.45. The van der Waals surface area contributed by atoms with Gasteiger partial charge in [-0.1, -0.05) is 36.4 Å². The predicted molar refractivity (Wildman–Crippen MR) is 102 cm³/mol. The molecule has 4 nitrogen and oxygen atoms in total. The van der Waals surface area contributed by atoms with Crippen molar-refractivity contribution in [3.05, 3.63) is 59.7 Å². The smallest absolute Gasteiger partial charge is 0.319 e. The number of nitrogens with zero attached hydrogens (tertiary/aromatic N) is 1. The third kappa shape index (κ3) is 3.48. The van der Waals surface area contributed by atoms with Gasteiger partial charge in [0.15, 0.2) is 0 Å². The van der Waals surface area contributed by atoms with E-state index in [-0.39, 0.29) is 12.1 Å². The Morgan fingerprint density at radius 3 is 2.60 bits per heavy atom. The maximum Gasteiger partial charge on any atom is 0.319 e. The van der Waals surface area contributed by atoms with Crippen molar-refractivity contribution >= 4 is 17.4 Å². The lowest BCUT2D eigenvalue weighted by molar-refractivity contribution is 0.248. The number of piperidine rings is 1. The van der Waals surface area contributed by atoms with Crippen molar-refractivity contribution in [3.63, 3.8) is 0 Å². The number of para-hydroxylation sites is 2. The van der Waals surface area contributed by atoms with Crippen LogP contribution in [0.3, 0.4) is 0 Å². The number of hydrogen-bond acceptors (Lipinski definition) is 2. The van der Waals surface area contributed by atoms with E-state index >= 15 is 0 Å². The number of benzene rings is 2. The Bertz CT molecular complexity index is 752. The van der Waals surface area contributed by atoms with Crippen LogP contribution in [0.5, 0.6) is 0 Å². The van der Waals surface area contributed by atoms with Gasteiger partial charge in [-0.2, -0.15) is 0 Å². The largest absolute Gasteiger partial charge is 0.370 e. The number of urea groups is 1. The first kappa shape index (κ1) is 16.0. The van der Waals surface area contributed by atoms with Crippen LogP contribution >= 0.6 is 0 Å². The topological polar surface area (TPSA) is 44.4 Å². The Morgan fingerprint density at radius 1 is 0.960 bits per heavy atom. The van der Waals surface area contributed by atoms with Crippen LogP contribution in [0.2, 0.25) is 0 Å². The van der Waals surface area contributed by atoms with Gasteiger partial charge in [-0.15, -0.1) is 0 Å². The number of hydrogen-bond donors (Lipinski definition) is 2. The molecule has 1 aliphatic heterocycles. The van der Waals surface area contributed by atoms with Crippen molar-refractivity contribution in [2.24, 2.45) is 0 Å². The van der Waals surface area contributed by atoms with E-state index in [4.69, 9.17) is 0 Å². The molecule has 0 spiro atoms. The van der Waals surface area contributed by atoms with Crippen LogP contribution in [-0.4, -0.2) is 19.1 Å². The average molecular weight is 335 g/mol. The number of fused-ring (bicyclic) bond motifs is 1. The molecule has 2 aliphatic rings. The molecule has 1 atom stereocenters. The molecule has 2 aromatic carbocycles. The second kappa shape index (κ2) is 7.18. The fraction of sp³-hybridized carbons (Fsp3) is 0.381. The van der Waals surface area contributed by atoms with Gasteiger partial charge in [0.05, 0.1) is 17.4 Å². The minimum Gasteiger partial charge on any atom is -0.370 e. The molecule has 1 heterocycles. The molecule has 0 saturated carbocycles. The quantitative estimate of drug-likeness (QED) is 0.868. The summed E-state index contributed by atoms with van der Waals surface area (Å²) in [5, 5.41) is 6.22. The highest BCUT2D eigenvalue weighted by molar-refractivity contribution is 5.93. The van der Waals surface area contributed by atoms with Gasteiger partial charge < -0.3 is 15.5 Å². The zero-order valence-electron chi connectivity index (χ0n) is 14.5. The fourth-order valence-corrected chi connectivity index (χ4v) is 4.01. The number of carbonyl (C=O) groups excluding carboxylic acids is 1. The van der Waals surface area contributed by atoms with Crippen LogP contribution in [0.15, 0.2) is 48.5 Å². The van der Waals surface area contributed by atoms with Crippen LogP contribution in [-0.2, 0) is 6.42 Å². The molecule has 4 rings (SSSR count). The Morgan fingerprint density at radius 2 is 1.72 bits per heavy atom. The van der Waals surface area contributed by atoms with E-state index in [2.05, 4.69) is 39.8 Å². The summed E-state index contributed by atoms with van der Waals surface area (Å²) >= 11 is 0. The summed E-state index contributed by atoms with van der Waals surface area (Å²) in [6.07, 6.45) is 5.75. The molecule has 2 amide bonds. The minimum absolute atomic E-state index is 0.110. The molecule has 4 heteroatoms. The van der Waals surface area contributed by atoms with Gasteiger partial charge in [-0.05, 0) is 55.4 Å². The van der Waals surface area contributed by atoms with E-state index in [1.54, 1.807) is 0 Å². The number of carbonyl (C=O) groups is 1. The van der Waals surface area contributed by atoms with E-state index in [1.807, 2.05) is 24.3 Å². The Hall–Kier alpha value is -2.49. The molecule has 2 N–H and O–H groups in total. The minimum atomic E-state index is -0.119. The third-order valence-corrected chi connectivity index (χ3v) is 5.29. The van der Waals surface area contributed by atoms with Crippen molar-refractivity contribution < 1.29 is 4.79 Å². The normalized spacial score (nSPS) is 19.4. The van der Waals surface area contributed by atoms with Gasteiger partial charge in [0.1, 0.15) is 0 Å². The summed E-state index contributed by atoms with van der Waals surface area (Å²) in [5.41, 5.74) is 4.63. The molecular formula is C21H25N3O. The van der Waals surface area contributed by atoms with Crippen LogP contribution in [0, 0.1) is 0 Å². The standard InChI is InChI=1S/C21H25N3O/c25-21(22-18-13-12-16-8-2-3-9-17(16)18)23-19-10-4-5-11-20(19)24-14-6-1-7-15-24/h2-5,8-11,18H,1,6-7,12-15H2,(H2,22,23,25). The maximum absolute atomic E-state index is 12.6. The summed E-state index contributed by atoms with van der Waals surface area (Å²) in [6.45, 7) is 2.13. The Kier molecular flexibility index (Phi) is 4.59. The van der Waals surface area contributed by atoms with Gasteiger partial charge in [-0.25, -0.2) is 4.79 Å². The molecular weight excluding hydrogens is 310 g/mol. The van der Waals surface area contributed by atoms with E-state index < -0.39 is 0 Å². The summed E-state index contributed by atoms with van der Waals surface area (Å²) in [6, 6.07) is 16.5. The Labute approximate surface area is 149 Å². The van der Waals surface area contributed by atoms with Gasteiger partial charge in [0.25, 0.3) is 0 Å². The zero-order chi connectivity index (χ0) is 17.1. The molecule has 0 aromatic heterocycles. The first-order valence-corrected chi connectivity index (χ1v) is 9.30. The molecule has 1 saturated heterocycles. The zero-order valence-corrected chi connectivity index (χ0v) is 14.5. The molecule has 1 unspecified atom stereocenters. The van der Waals surface area contributed by atoms with Crippen molar-refractivity contribution in [1.82, 2.24) is 5.32 Å². The van der Waals surface area contributed by atoms with Crippen LogP contribution in [0.4, 0.5) is 16.2 Å². The van der Waals surface area contributed by atoms with Crippen molar-refractivity contribution in [3.8, 4) is 0 Å². The van der Waals surface area contributed by atoms with Crippen molar-refractivity contribution in [1.29, 1.82) is 0 Å². The summed E-state index contributed by atoms with van der Waals surface area (Å²) in [4.78, 5) is 15.0. The summed E-state index contributed by atoms with van der Waals surface area (Å²) < 4.78 is 0. The van der Waals surface area contributed by atoms with E-state index in [9.17, 15) is 4.79 Å².